The summed E-state index contributed by atoms with van der Waals surface area (Å²) in [5, 5.41) is 0. The van der Waals surface area contributed by atoms with E-state index < -0.39 is 0 Å². The van der Waals surface area contributed by atoms with Crippen LogP contribution >= 0.6 is 0 Å². The van der Waals surface area contributed by atoms with Crippen LogP contribution < -0.4 is 0 Å². The summed E-state index contributed by atoms with van der Waals surface area (Å²) in [5.41, 5.74) is 0. The average molecular weight is 277 g/mol. The summed E-state index contributed by atoms with van der Waals surface area (Å²) < 4.78 is 5.49. The quantitative estimate of drug-likeness (QED) is 0.816. The number of oxazole rings is 1. The Bertz CT molecular complexity index is 540. The first-order chi connectivity index (χ1) is 9.58. The van der Waals surface area contributed by atoms with Crippen molar-refractivity contribution in [1.29, 1.82) is 0 Å². The molecule has 2 aliphatic rings. The zero-order valence-electron chi connectivity index (χ0n) is 11.8. The van der Waals surface area contributed by atoms with Crippen molar-refractivity contribution in [2.75, 3.05) is 13.1 Å². The molecule has 2 fully saturated rings. The molecular weight excluding hydrogens is 258 g/mol. The van der Waals surface area contributed by atoms with Crippen LogP contribution in [0.3, 0.4) is 0 Å². The van der Waals surface area contributed by atoms with E-state index in [0.29, 0.717) is 18.2 Å². The lowest BCUT2D eigenvalue weighted by atomic mass is 9.97. The van der Waals surface area contributed by atoms with Crippen molar-refractivity contribution in [3.05, 3.63) is 17.8 Å². The van der Waals surface area contributed by atoms with E-state index in [9.17, 15) is 9.59 Å². The molecule has 0 bridgehead atoms. The van der Waals surface area contributed by atoms with Crippen molar-refractivity contribution in [2.45, 2.75) is 45.2 Å². The Hall–Kier alpha value is -1.85. The molecule has 2 saturated heterocycles. The minimum absolute atomic E-state index is 0.0210. The van der Waals surface area contributed by atoms with E-state index in [1.54, 1.807) is 16.0 Å². The fourth-order valence-corrected chi connectivity index (χ4v) is 3.02. The molecule has 6 heteroatoms. The first-order valence-electron chi connectivity index (χ1n) is 7.10. The minimum Gasteiger partial charge on any atom is -0.444 e. The molecule has 1 aromatic rings. The fraction of sp³-hybridized carbons (Fsp3) is 0.643. The third-order valence-corrected chi connectivity index (χ3v) is 4.16. The highest BCUT2D eigenvalue weighted by Gasteiger charge is 2.42. The van der Waals surface area contributed by atoms with Crippen LogP contribution in [-0.2, 0) is 9.59 Å². The van der Waals surface area contributed by atoms with Crippen molar-refractivity contribution < 1.29 is 14.0 Å². The molecule has 0 spiro atoms. The summed E-state index contributed by atoms with van der Waals surface area (Å²) in [4.78, 5) is 32.3. The number of aromatic nitrogens is 1. The van der Waals surface area contributed by atoms with Gasteiger partial charge >= 0.3 is 0 Å². The highest BCUT2D eigenvalue weighted by Crippen LogP contribution is 2.28. The largest absolute Gasteiger partial charge is 0.444 e. The van der Waals surface area contributed by atoms with Crippen LogP contribution in [0, 0.1) is 6.92 Å². The number of piperidine rings is 1. The van der Waals surface area contributed by atoms with Crippen LogP contribution in [0.5, 0.6) is 0 Å². The van der Waals surface area contributed by atoms with Crippen molar-refractivity contribution in [2.24, 2.45) is 0 Å². The normalized spacial score (nSPS) is 24.8. The molecule has 108 valence electrons. The summed E-state index contributed by atoms with van der Waals surface area (Å²) in [6.45, 7) is 4.50. The third kappa shape index (κ3) is 2.09. The second-order valence-corrected chi connectivity index (χ2v) is 5.55. The van der Waals surface area contributed by atoms with Gasteiger partial charge in [-0.3, -0.25) is 9.59 Å². The van der Waals surface area contributed by atoms with Gasteiger partial charge in [0, 0.05) is 6.54 Å². The van der Waals surface area contributed by atoms with Gasteiger partial charge in [-0.05, 0) is 33.1 Å². The van der Waals surface area contributed by atoms with Gasteiger partial charge in [-0.1, -0.05) is 0 Å². The van der Waals surface area contributed by atoms with Crippen molar-refractivity contribution >= 4 is 11.8 Å². The van der Waals surface area contributed by atoms with Crippen molar-refractivity contribution in [3.63, 3.8) is 0 Å². The van der Waals surface area contributed by atoms with E-state index in [1.165, 1.54) is 0 Å². The highest BCUT2D eigenvalue weighted by atomic mass is 16.4. The highest BCUT2D eigenvalue weighted by molar-refractivity contribution is 5.95. The Morgan fingerprint density at radius 3 is 2.90 bits per heavy atom. The van der Waals surface area contributed by atoms with E-state index >= 15 is 0 Å². The second kappa shape index (κ2) is 4.92. The smallest absolute Gasteiger partial charge is 0.246 e. The van der Waals surface area contributed by atoms with Gasteiger partial charge in [-0.25, -0.2) is 4.98 Å². The molecule has 2 unspecified atom stereocenters. The maximum Gasteiger partial charge on any atom is 0.246 e. The minimum atomic E-state index is -0.302. The van der Waals surface area contributed by atoms with Crippen LogP contribution in [0.25, 0.3) is 0 Å². The van der Waals surface area contributed by atoms with Gasteiger partial charge in [-0.2, -0.15) is 0 Å². The Labute approximate surface area is 117 Å². The molecule has 2 atom stereocenters. The summed E-state index contributed by atoms with van der Waals surface area (Å²) in [6, 6.07) is -0.590. The number of nitrogens with zero attached hydrogens (tertiary/aromatic N) is 3. The molecular formula is C14H19N3O3. The van der Waals surface area contributed by atoms with Crippen LogP contribution in [0.1, 0.15) is 43.9 Å². The van der Waals surface area contributed by atoms with E-state index in [2.05, 4.69) is 4.98 Å². The fourth-order valence-electron chi connectivity index (χ4n) is 3.02. The second-order valence-electron chi connectivity index (χ2n) is 5.55. The number of hydrogen-bond donors (Lipinski definition) is 0. The maximum absolute atomic E-state index is 12.6. The third-order valence-electron chi connectivity index (χ3n) is 4.16. The molecule has 0 N–H and O–H groups in total. The molecule has 6 nitrogen and oxygen atoms in total. The van der Waals surface area contributed by atoms with Crippen LogP contribution in [-0.4, -0.2) is 45.7 Å². The zero-order chi connectivity index (χ0) is 14.3. The molecule has 0 radical (unpaired) electrons. The molecule has 3 rings (SSSR count). The molecule has 3 heterocycles. The number of hydrogen-bond acceptors (Lipinski definition) is 4. The van der Waals surface area contributed by atoms with Gasteiger partial charge in [0.1, 0.15) is 24.4 Å². The number of fused-ring (bicyclic) bond motifs is 1. The average Bonchev–Trinajstić information content (AvgIpc) is 2.89. The Morgan fingerprint density at radius 2 is 2.20 bits per heavy atom. The molecule has 0 aliphatic carbocycles. The number of carbonyl (C=O) groups excluding carboxylic acids is 2. The topological polar surface area (TPSA) is 66.7 Å². The van der Waals surface area contributed by atoms with E-state index in [0.717, 1.165) is 19.3 Å². The summed E-state index contributed by atoms with van der Waals surface area (Å²) in [6.07, 6.45) is 4.39. The Morgan fingerprint density at radius 1 is 1.40 bits per heavy atom. The number of carbonyl (C=O) groups is 2. The first-order valence-corrected chi connectivity index (χ1v) is 7.10. The lowest BCUT2D eigenvalue weighted by Gasteiger charge is -2.44. The SMILES string of the molecule is Cc1cnc(C(C)N2CC(=O)N3CCCCC3C2=O)o1. The van der Waals surface area contributed by atoms with E-state index in [1.807, 2.05) is 13.8 Å². The molecule has 0 aromatic carbocycles. The van der Waals surface area contributed by atoms with Crippen LogP contribution in [0.4, 0.5) is 0 Å². The molecule has 2 amide bonds. The van der Waals surface area contributed by atoms with Gasteiger partial charge in [-0.15, -0.1) is 0 Å². The van der Waals surface area contributed by atoms with Crippen LogP contribution in [0.15, 0.2) is 10.6 Å². The summed E-state index contributed by atoms with van der Waals surface area (Å²) in [5.74, 6) is 1.26. The van der Waals surface area contributed by atoms with Gasteiger partial charge in [0.15, 0.2) is 0 Å². The predicted molar refractivity (Wildman–Crippen MR) is 70.7 cm³/mol. The molecule has 20 heavy (non-hydrogen) atoms. The number of aryl methyl sites for hydroxylation is 1. The zero-order valence-corrected chi connectivity index (χ0v) is 11.8. The van der Waals surface area contributed by atoms with Crippen molar-refractivity contribution in [3.8, 4) is 0 Å². The number of amides is 2. The Balaban J connectivity index is 1.83. The predicted octanol–water partition coefficient (Wildman–Crippen LogP) is 1.27. The molecule has 0 saturated carbocycles. The lowest BCUT2D eigenvalue weighted by Crippen LogP contribution is -2.61. The van der Waals surface area contributed by atoms with E-state index in [-0.39, 0.29) is 30.4 Å². The van der Waals surface area contributed by atoms with Gasteiger partial charge in [0.25, 0.3) is 0 Å². The lowest BCUT2D eigenvalue weighted by molar-refractivity contribution is -0.160. The van der Waals surface area contributed by atoms with Crippen molar-refractivity contribution in [1.82, 2.24) is 14.8 Å². The van der Waals surface area contributed by atoms with Gasteiger partial charge in [0.05, 0.1) is 6.20 Å². The summed E-state index contributed by atoms with van der Waals surface area (Å²) >= 11 is 0. The Kier molecular flexibility index (Phi) is 3.23. The number of piperazine rings is 1. The molecule has 2 aliphatic heterocycles. The number of rotatable bonds is 2. The maximum atomic E-state index is 12.6. The van der Waals surface area contributed by atoms with Gasteiger partial charge in [0.2, 0.25) is 17.7 Å². The molecule has 1 aromatic heterocycles. The monoisotopic (exact) mass is 277 g/mol. The first kappa shape index (κ1) is 13.1. The standard InChI is InChI=1S/C14H19N3O3/c1-9-7-15-13(20-9)10(2)17-8-12(18)16-6-4-3-5-11(16)14(17)19/h7,10-11H,3-6,8H2,1-2H3. The van der Waals surface area contributed by atoms with E-state index in [4.69, 9.17) is 4.42 Å². The van der Waals surface area contributed by atoms with Gasteiger partial charge < -0.3 is 14.2 Å². The van der Waals surface area contributed by atoms with Crippen LogP contribution in [0.2, 0.25) is 0 Å². The summed E-state index contributed by atoms with van der Waals surface area (Å²) in [7, 11) is 0.